The normalized spacial score (nSPS) is 20.9. The molecule has 1 atom stereocenters. The molecule has 82 valence electrons. The molecule has 0 spiro atoms. The van der Waals surface area contributed by atoms with E-state index in [1.807, 2.05) is 20.9 Å². The van der Waals surface area contributed by atoms with Gasteiger partial charge in [-0.2, -0.15) is 0 Å². The Bertz CT molecular complexity index is 213. The molecule has 0 aromatic heterocycles. The summed E-state index contributed by atoms with van der Waals surface area (Å²) in [7, 11) is 2.04. The van der Waals surface area contributed by atoms with Gasteiger partial charge in [-0.3, -0.25) is 4.79 Å². The summed E-state index contributed by atoms with van der Waals surface area (Å²) in [6, 6.07) is 0.644. The lowest BCUT2D eigenvalue weighted by atomic mass is 9.85. The topological polar surface area (TPSA) is 40.5 Å². The summed E-state index contributed by atoms with van der Waals surface area (Å²) in [5, 5.41) is 9.19. The molecule has 0 aliphatic heterocycles. The summed E-state index contributed by atoms with van der Waals surface area (Å²) >= 11 is 0. The van der Waals surface area contributed by atoms with Crippen molar-refractivity contribution in [3.8, 4) is 0 Å². The Hall–Kier alpha value is -0.570. The van der Waals surface area contributed by atoms with E-state index in [2.05, 4.69) is 4.90 Å². The van der Waals surface area contributed by atoms with Crippen LogP contribution in [0.3, 0.4) is 0 Å². The molecule has 0 amide bonds. The first-order valence-electron chi connectivity index (χ1n) is 5.43. The number of hydrogen-bond donors (Lipinski definition) is 1. The van der Waals surface area contributed by atoms with Crippen LogP contribution in [0.2, 0.25) is 0 Å². The zero-order valence-corrected chi connectivity index (χ0v) is 9.42. The zero-order valence-electron chi connectivity index (χ0n) is 9.42. The highest BCUT2D eigenvalue weighted by atomic mass is 16.4. The van der Waals surface area contributed by atoms with Crippen LogP contribution < -0.4 is 0 Å². The number of nitrogens with zero attached hydrogens (tertiary/aromatic N) is 1. The lowest BCUT2D eigenvalue weighted by Crippen LogP contribution is -2.40. The molecule has 1 N–H and O–H groups in total. The average Bonchev–Trinajstić information content (AvgIpc) is 2.85. The van der Waals surface area contributed by atoms with Gasteiger partial charge in [0.15, 0.2) is 0 Å². The van der Waals surface area contributed by atoms with Gasteiger partial charge in [0.2, 0.25) is 0 Å². The Balaban J connectivity index is 2.52. The van der Waals surface area contributed by atoms with Crippen molar-refractivity contribution in [2.24, 2.45) is 5.41 Å². The molecule has 0 aromatic carbocycles. The van der Waals surface area contributed by atoms with Gasteiger partial charge in [-0.15, -0.1) is 0 Å². The van der Waals surface area contributed by atoms with E-state index in [-0.39, 0.29) is 0 Å². The van der Waals surface area contributed by atoms with E-state index in [1.165, 1.54) is 12.8 Å². The minimum Gasteiger partial charge on any atom is -0.481 e. The molecular formula is C11H21NO2. The van der Waals surface area contributed by atoms with Crippen LogP contribution in [0.15, 0.2) is 0 Å². The maximum atomic E-state index is 11.2. The van der Waals surface area contributed by atoms with Crippen LogP contribution in [0.1, 0.15) is 39.5 Å². The largest absolute Gasteiger partial charge is 0.481 e. The third-order valence-electron chi connectivity index (χ3n) is 3.09. The van der Waals surface area contributed by atoms with Crippen molar-refractivity contribution >= 4 is 5.97 Å². The maximum absolute atomic E-state index is 11.2. The Morgan fingerprint density at radius 1 is 1.57 bits per heavy atom. The molecule has 0 radical (unpaired) electrons. The van der Waals surface area contributed by atoms with E-state index in [1.54, 1.807) is 0 Å². The highest BCUT2D eigenvalue weighted by Crippen LogP contribution is 2.31. The molecule has 3 heteroatoms. The fourth-order valence-electron chi connectivity index (χ4n) is 2.00. The van der Waals surface area contributed by atoms with E-state index < -0.39 is 11.4 Å². The number of hydrogen-bond acceptors (Lipinski definition) is 2. The van der Waals surface area contributed by atoms with Crippen LogP contribution in [0.4, 0.5) is 0 Å². The first kappa shape index (κ1) is 11.5. The van der Waals surface area contributed by atoms with Crippen LogP contribution in [0.25, 0.3) is 0 Å². The van der Waals surface area contributed by atoms with Gasteiger partial charge in [0.1, 0.15) is 0 Å². The lowest BCUT2D eigenvalue weighted by molar-refractivity contribution is -0.149. The molecule has 0 bridgehead atoms. The van der Waals surface area contributed by atoms with Crippen molar-refractivity contribution in [3.63, 3.8) is 0 Å². The number of carbonyl (C=O) groups is 1. The van der Waals surface area contributed by atoms with Crippen molar-refractivity contribution in [1.29, 1.82) is 0 Å². The first-order chi connectivity index (χ1) is 6.49. The van der Waals surface area contributed by atoms with E-state index in [0.717, 1.165) is 12.8 Å². The lowest BCUT2D eigenvalue weighted by Gasteiger charge is -2.29. The second-order valence-corrected chi connectivity index (χ2v) is 4.76. The highest BCUT2D eigenvalue weighted by Gasteiger charge is 2.37. The Kier molecular flexibility index (Phi) is 3.53. The average molecular weight is 199 g/mol. The van der Waals surface area contributed by atoms with E-state index >= 15 is 0 Å². The molecule has 0 saturated heterocycles. The third-order valence-corrected chi connectivity index (χ3v) is 3.09. The van der Waals surface area contributed by atoms with Gasteiger partial charge in [0.05, 0.1) is 5.41 Å². The molecule has 1 unspecified atom stereocenters. The van der Waals surface area contributed by atoms with Gasteiger partial charge >= 0.3 is 5.97 Å². The molecule has 14 heavy (non-hydrogen) atoms. The summed E-state index contributed by atoms with van der Waals surface area (Å²) in [6.07, 6.45) is 4.16. The van der Waals surface area contributed by atoms with Crippen molar-refractivity contribution in [2.75, 3.05) is 13.6 Å². The monoisotopic (exact) mass is 199 g/mol. The molecular weight excluding hydrogens is 178 g/mol. The van der Waals surface area contributed by atoms with Gasteiger partial charge in [0, 0.05) is 12.6 Å². The van der Waals surface area contributed by atoms with E-state index in [0.29, 0.717) is 12.6 Å². The molecule has 1 saturated carbocycles. The molecule has 1 aliphatic carbocycles. The quantitative estimate of drug-likeness (QED) is 0.711. The SMILES string of the molecule is CCCC(C)(CN(C)C1CC1)C(=O)O. The van der Waals surface area contributed by atoms with Crippen molar-refractivity contribution < 1.29 is 9.90 Å². The predicted octanol–water partition coefficient (Wildman–Crippen LogP) is 1.97. The molecule has 1 aliphatic rings. The minimum atomic E-state index is -0.660. The van der Waals surface area contributed by atoms with Gasteiger partial charge < -0.3 is 10.0 Å². The number of carboxylic acids is 1. The van der Waals surface area contributed by atoms with Crippen LogP contribution in [0, 0.1) is 5.41 Å². The summed E-state index contributed by atoms with van der Waals surface area (Å²) in [4.78, 5) is 13.4. The van der Waals surface area contributed by atoms with E-state index in [4.69, 9.17) is 0 Å². The number of rotatable bonds is 6. The Morgan fingerprint density at radius 2 is 2.14 bits per heavy atom. The van der Waals surface area contributed by atoms with Crippen LogP contribution >= 0.6 is 0 Å². The summed E-state index contributed by atoms with van der Waals surface area (Å²) in [6.45, 7) is 4.58. The molecule has 1 rings (SSSR count). The summed E-state index contributed by atoms with van der Waals surface area (Å²) in [5.41, 5.74) is -0.563. The Morgan fingerprint density at radius 3 is 2.50 bits per heavy atom. The fraction of sp³-hybridized carbons (Fsp3) is 0.909. The van der Waals surface area contributed by atoms with Crippen molar-refractivity contribution in [2.45, 2.75) is 45.6 Å². The van der Waals surface area contributed by atoms with E-state index in [9.17, 15) is 9.90 Å². The summed E-state index contributed by atoms with van der Waals surface area (Å²) in [5.74, 6) is -0.660. The number of aliphatic carboxylic acids is 1. The first-order valence-corrected chi connectivity index (χ1v) is 5.43. The van der Waals surface area contributed by atoms with Crippen LogP contribution in [-0.4, -0.2) is 35.6 Å². The molecule has 0 heterocycles. The Labute approximate surface area is 86.1 Å². The zero-order chi connectivity index (χ0) is 10.8. The molecule has 1 fully saturated rings. The molecule has 0 aromatic rings. The second-order valence-electron chi connectivity index (χ2n) is 4.76. The van der Waals surface area contributed by atoms with Crippen molar-refractivity contribution in [1.82, 2.24) is 4.90 Å². The minimum absolute atomic E-state index is 0.563. The third kappa shape index (κ3) is 2.71. The fourth-order valence-corrected chi connectivity index (χ4v) is 2.00. The van der Waals surface area contributed by atoms with Crippen LogP contribution in [0.5, 0.6) is 0 Å². The maximum Gasteiger partial charge on any atom is 0.310 e. The predicted molar refractivity (Wildman–Crippen MR) is 56.3 cm³/mol. The van der Waals surface area contributed by atoms with Gasteiger partial charge in [-0.1, -0.05) is 13.3 Å². The standard InChI is InChI=1S/C11H21NO2/c1-4-7-11(2,10(13)14)8-12(3)9-5-6-9/h9H,4-8H2,1-3H3,(H,13,14). The smallest absolute Gasteiger partial charge is 0.310 e. The van der Waals surface area contributed by atoms with Gasteiger partial charge in [-0.25, -0.2) is 0 Å². The summed E-state index contributed by atoms with van der Waals surface area (Å²) < 4.78 is 0. The van der Waals surface area contributed by atoms with Crippen molar-refractivity contribution in [3.05, 3.63) is 0 Å². The highest BCUT2D eigenvalue weighted by molar-refractivity contribution is 5.74. The number of carboxylic acid groups (broad SMARTS) is 1. The van der Waals surface area contributed by atoms with Gasteiger partial charge in [-0.05, 0) is 33.2 Å². The van der Waals surface area contributed by atoms with Gasteiger partial charge in [0.25, 0.3) is 0 Å². The molecule has 3 nitrogen and oxygen atoms in total. The second kappa shape index (κ2) is 4.30. The van der Waals surface area contributed by atoms with Crippen LogP contribution in [-0.2, 0) is 4.79 Å².